The summed E-state index contributed by atoms with van der Waals surface area (Å²) in [7, 11) is 0. The average Bonchev–Trinajstić information content (AvgIpc) is 2.85. The van der Waals surface area contributed by atoms with E-state index in [0.717, 1.165) is 13.1 Å². The number of rotatable bonds is 6. The number of aromatic nitrogens is 1. The summed E-state index contributed by atoms with van der Waals surface area (Å²) in [6.07, 6.45) is 3.70. The van der Waals surface area contributed by atoms with Crippen molar-refractivity contribution in [1.29, 1.82) is 0 Å². The summed E-state index contributed by atoms with van der Waals surface area (Å²) < 4.78 is 0. The molecule has 2 aromatic heterocycles. The number of aryl methyl sites for hydroxylation is 1. The summed E-state index contributed by atoms with van der Waals surface area (Å²) in [5.74, 6) is 0. The van der Waals surface area contributed by atoms with Gasteiger partial charge in [0.05, 0.1) is 6.04 Å². The Balaban J connectivity index is 2.25. The fraction of sp³-hybridized carbons (Fsp3) is 0.438. The van der Waals surface area contributed by atoms with Gasteiger partial charge in [0.1, 0.15) is 0 Å². The van der Waals surface area contributed by atoms with Gasteiger partial charge in [-0.15, -0.1) is 11.3 Å². The Labute approximate surface area is 125 Å². The monoisotopic (exact) mass is 289 g/mol. The van der Waals surface area contributed by atoms with Crippen LogP contribution in [-0.2, 0) is 6.54 Å². The summed E-state index contributed by atoms with van der Waals surface area (Å²) in [5, 5.41) is 2.15. The van der Waals surface area contributed by atoms with Crippen LogP contribution in [0.4, 0.5) is 0 Å². The third-order valence-electron chi connectivity index (χ3n) is 3.60. The standard InChI is InChI=1S/C16H23N3S/c1-4-19(11-14-5-8-18-9-6-14)15(13(3)17)16-12(2)7-10-20-16/h5-10,13,15H,4,11,17H2,1-3H3. The van der Waals surface area contributed by atoms with E-state index in [1.807, 2.05) is 12.4 Å². The van der Waals surface area contributed by atoms with Crippen LogP contribution in [0.25, 0.3) is 0 Å². The zero-order valence-electron chi connectivity index (χ0n) is 12.4. The minimum absolute atomic E-state index is 0.106. The van der Waals surface area contributed by atoms with Crippen LogP contribution in [0.5, 0.6) is 0 Å². The van der Waals surface area contributed by atoms with Crippen molar-refractivity contribution < 1.29 is 0 Å². The fourth-order valence-corrected chi connectivity index (χ4v) is 3.73. The van der Waals surface area contributed by atoms with Gasteiger partial charge >= 0.3 is 0 Å². The van der Waals surface area contributed by atoms with Crippen molar-refractivity contribution in [3.8, 4) is 0 Å². The number of pyridine rings is 1. The molecular weight excluding hydrogens is 266 g/mol. The van der Waals surface area contributed by atoms with E-state index in [-0.39, 0.29) is 12.1 Å². The van der Waals surface area contributed by atoms with Crippen LogP contribution < -0.4 is 5.73 Å². The third-order valence-corrected chi connectivity index (χ3v) is 4.69. The highest BCUT2D eigenvalue weighted by molar-refractivity contribution is 7.10. The second-order valence-electron chi connectivity index (χ2n) is 5.19. The quantitative estimate of drug-likeness (QED) is 0.886. The maximum atomic E-state index is 6.28. The van der Waals surface area contributed by atoms with Gasteiger partial charge in [-0.2, -0.15) is 0 Å². The number of hydrogen-bond acceptors (Lipinski definition) is 4. The van der Waals surface area contributed by atoms with Crippen LogP contribution in [0.15, 0.2) is 36.0 Å². The Hall–Kier alpha value is -1.23. The molecule has 0 saturated heterocycles. The van der Waals surface area contributed by atoms with Crippen LogP contribution in [0, 0.1) is 6.92 Å². The fourth-order valence-electron chi connectivity index (χ4n) is 2.55. The van der Waals surface area contributed by atoms with Crippen molar-refractivity contribution in [2.75, 3.05) is 6.54 Å². The first-order chi connectivity index (χ1) is 9.63. The van der Waals surface area contributed by atoms with E-state index < -0.39 is 0 Å². The predicted octanol–water partition coefficient (Wildman–Crippen LogP) is 3.36. The molecule has 20 heavy (non-hydrogen) atoms. The van der Waals surface area contributed by atoms with Crippen molar-refractivity contribution in [1.82, 2.24) is 9.88 Å². The summed E-state index contributed by atoms with van der Waals surface area (Å²) in [6.45, 7) is 8.34. The molecule has 2 unspecified atom stereocenters. The topological polar surface area (TPSA) is 42.2 Å². The number of nitrogens with zero attached hydrogens (tertiary/aromatic N) is 2. The maximum Gasteiger partial charge on any atom is 0.0596 e. The Morgan fingerprint density at radius 3 is 2.50 bits per heavy atom. The van der Waals surface area contributed by atoms with Crippen LogP contribution in [0.1, 0.15) is 35.9 Å². The molecule has 2 atom stereocenters. The Kier molecular flexibility index (Phi) is 5.29. The molecule has 0 aliphatic heterocycles. The molecule has 108 valence electrons. The van der Waals surface area contributed by atoms with Gasteiger partial charge in [-0.05, 0) is 55.1 Å². The minimum atomic E-state index is 0.106. The van der Waals surface area contributed by atoms with Gasteiger partial charge in [0.15, 0.2) is 0 Å². The molecule has 0 saturated carbocycles. The summed E-state index contributed by atoms with van der Waals surface area (Å²) >= 11 is 1.81. The molecule has 3 nitrogen and oxygen atoms in total. The summed E-state index contributed by atoms with van der Waals surface area (Å²) in [4.78, 5) is 7.91. The van der Waals surface area contributed by atoms with Gasteiger partial charge in [0.2, 0.25) is 0 Å². The van der Waals surface area contributed by atoms with E-state index in [1.165, 1.54) is 16.0 Å². The zero-order valence-corrected chi connectivity index (χ0v) is 13.2. The third kappa shape index (κ3) is 3.45. The maximum absolute atomic E-state index is 6.28. The molecule has 2 N–H and O–H groups in total. The van der Waals surface area contributed by atoms with Gasteiger partial charge < -0.3 is 5.73 Å². The Bertz CT molecular complexity index is 522. The van der Waals surface area contributed by atoms with Gasteiger partial charge in [-0.1, -0.05) is 6.92 Å². The van der Waals surface area contributed by atoms with Crippen LogP contribution in [-0.4, -0.2) is 22.5 Å². The molecule has 0 bridgehead atoms. The molecule has 0 spiro atoms. The highest BCUT2D eigenvalue weighted by Gasteiger charge is 2.25. The molecular formula is C16H23N3S. The molecule has 0 aliphatic carbocycles. The van der Waals surface area contributed by atoms with Gasteiger partial charge in [-0.3, -0.25) is 9.88 Å². The van der Waals surface area contributed by atoms with Gasteiger partial charge in [0, 0.05) is 29.9 Å². The van der Waals surface area contributed by atoms with Crippen LogP contribution in [0.2, 0.25) is 0 Å². The first kappa shape index (κ1) is 15.2. The summed E-state index contributed by atoms with van der Waals surface area (Å²) in [6, 6.07) is 6.70. The SMILES string of the molecule is CCN(Cc1ccncc1)C(c1sccc1C)C(C)N. The van der Waals surface area contributed by atoms with Crippen molar-refractivity contribution >= 4 is 11.3 Å². The van der Waals surface area contributed by atoms with Crippen LogP contribution in [0.3, 0.4) is 0 Å². The molecule has 0 fully saturated rings. The van der Waals surface area contributed by atoms with E-state index in [1.54, 1.807) is 11.3 Å². The van der Waals surface area contributed by atoms with Crippen molar-refractivity contribution in [2.45, 2.75) is 39.4 Å². The van der Waals surface area contributed by atoms with Crippen LogP contribution >= 0.6 is 11.3 Å². The Morgan fingerprint density at radius 1 is 1.30 bits per heavy atom. The molecule has 2 rings (SSSR count). The smallest absolute Gasteiger partial charge is 0.0596 e. The molecule has 0 aliphatic rings. The lowest BCUT2D eigenvalue weighted by molar-refractivity contribution is 0.179. The Morgan fingerprint density at radius 2 is 2.00 bits per heavy atom. The number of hydrogen-bond donors (Lipinski definition) is 1. The van der Waals surface area contributed by atoms with E-state index in [0.29, 0.717) is 0 Å². The highest BCUT2D eigenvalue weighted by Crippen LogP contribution is 2.31. The lowest BCUT2D eigenvalue weighted by Gasteiger charge is -2.33. The van der Waals surface area contributed by atoms with Gasteiger partial charge in [-0.25, -0.2) is 0 Å². The molecule has 4 heteroatoms. The van der Waals surface area contributed by atoms with E-state index in [4.69, 9.17) is 5.73 Å². The lowest BCUT2D eigenvalue weighted by Crippen LogP contribution is -2.39. The molecule has 2 aromatic rings. The van der Waals surface area contributed by atoms with E-state index in [2.05, 4.69) is 54.2 Å². The zero-order chi connectivity index (χ0) is 14.5. The number of thiophene rings is 1. The molecule has 0 radical (unpaired) electrons. The van der Waals surface area contributed by atoms with Gasteiger partial charge in [0.25, 0.3) is 0 Å². The first-order valence-corrected chi connectivity index (χ1v) is 7.94. The second-order valence-corrected chi connectivity index (χ2v) is 6.14. The predicted molar refractivity (Wildman–Crippen MR) is 85.8 cm³/mol. The first-order valence-electron chi connectivity index (χ1n) is 7.06. The minimum Gasteiger partial charge on any atom is -0.326 e. The largest absolute Gasteiger partial charge is 0.326 e. The molecule has 2 heterocycles. The highest BCUT2D eigenvalue weighted by atomic mass is 32.1. The van der Waals surface area contributed by atoms with Crippen molar-refractivity contribution in [3.63, 3.8) is 0 Å². The molecule has 0 amide bonds. The van der Waals surface area contributed by atoms with E-state index >= 15 is 0 Å². The van der Waals surface area contributed by atoms with E-state index in [9.17, 15) is 0 Å². The summed E-state index contributed by atoms with van der Waals surface area (Å²) in [5.41, 5.74) is 8.90. The lowest BCUT2D eigenvalue weighted by atomic mass is 10.0. The molecule has 0 aromatic carbocycles. The number of nitrogens with two attached hydrogens (primary N) is 1. The normalized spacial score (nSPS) is 14.4. The average molecular weight is 289 g/mol. The van der Waals surface area contributed by atoms with Crippen molar-refractivity contribution in [3.05, 3.63) is 52.0 Å². The number of likely N-dealkylation sites (N-methyl/N-ethyl adjacent to an activating group) is 1. The van der Waals surface area contributed by atoms with Crippen molar-refractivity contribution in [2.24, 2.45) is 5.73 Å². The second kappa shape index (κ2) is 6.97.